The van der Waals surface area contributed by atoms with E-state index in [1.54, 1.807) is 0 Å². The summed E-state index contributed by atoms with van der Waals surface area (Å²) in [6.45, 7) is 3.65. The third-order valence-electron chi connectivity index (χ3n) is 4.80. The van der Waals surface area contributed by atoms with E-state index in [0.717, 1.165) is 48.6 Å². The van der Waals surface area contributed by atoms with Crippen LogP contribution in [0.4, 0.5) is 5.69 Å². The monoisotopic (exact) mass is 377 g/mol. The number of carbonyl (C=O) groups excluding carboxylic acids is 3. The quantitative estimate of drug-likeness (QED) is 0.708. The largest absolute Gasteiger partial charge is 0.468 e. The van der Waals surface area contributed by atoms with Crippen molar-refractivity contribution in [2.24, 2.45) is 5.92 Å². The summed E-state index contributed by atoms with van der Waals surface area (Å²) in [5, 5.41) is 0.0950. The summed E-state index contributed by atoms with van der Waals surface area (Å²) in [5.74, 6) is -0.623. The Labute approximate surface area is 159 Å². The molecular formula is C20H27NO4S. The molecule has 0 atom stereocenters. The van der Waals surface area contributed by atoms with E-state index in [2.05, 4.69) is 0 Å². The summed E-state index contributed by atoms with van der Waals surface area (Å²) >= 11 is 1.08. The van der Waals surface area contributed by atoms with E-state index in [4.69, 9.17) is 4.74 Å². The second-order valence-electron chi connectivity index (χ2n) is 6.74. The fraction of sp³-hybridized carbons (Fsp3) is 0.550. The van der Waals surface area contributed by atoms with Gasteiger partial charge in [-0.05, 0) is 37.8 Å². The number of rotatable bonds is 6. The molecule has 0 saturated heterocycles. The average Bonchev–Trinajstić information content (AvgIpc) is 2.65. The highest BCUT2D eigenvalue weighted by atomic mass is 32.2. The van der Waals surface area contributed by atoms with Gasteiger partial charge >= 0.3 is 5.97 Å². The van der Waals surface area contributed by atoms with E-state index < -0.39 is 5.97 Å². The molecule has 0 spiro atoms. The highest BCUT2D eigenvalue weighted by molar-refractivity contribution is 8.14. The van der Waals surface area contributed by atoms with Crippen LogP contribution in [0.5, 0.6) is 0 Å². The van der Waals surface area contributed by atoms with Gasteiger partial charge in [0.15, 0.2) is 5.12 Å². The van der Waals surface area contributed by atoms with Crippen LogP contribution in [-0.2, 0) is 19.1 Å². The molecule has 1 saturated carbocycles. The molecule has 1 amide bonds. The van der Waals surface area contributed by atoms with Gasteiger partial charge < -0.3 is 4.74 Å². The molecule has 1 aliphatic carbocycles. The molecule has 1 aromatic rings. The Hall–Kier alpha value is -1.82. The fourth-order valence-corrected chi connectivity index (χ4v) is 4.28. The molecule has 1 fully saturated rings. The van der Waals surface area contributed by atoms with Crippen molar-refractivity contribution in [2.75, 3.05) is 24.3 Å². The maximum Gasteiger partial charge on any atom is 0.325 e. The van der Waals surface area contributed by atoms with Gasteiger partial charge in [-0.25, -0.2) is 0 Å². The first-order chi connectivity index (χ1) is 12.4. The van der Waals surface area contributed by atoms with Crippen LogP contribution in [0.15, 0.2) is 18.2 Å². The number of thioether (sulfide) groups is 1. The number of carbonyl (C=O) groups is 3. The van der Waals surface area contributed by atoms with Crippen LogP contribution in [-0.4, -0.2) is 36.4 Å². The fourth-order valence-electron chi connectivity index (χ4n) is 3.38. The second-order valence-corrected chi connectivity index (χ2v) is 7.72. The Balaban J connectivity index is 2.10. The topological polar surface area (TPSA) is 63.7 Å². The van der Waals surface area contributed by atoms with Crippen molar-refractivity contribution in [3.63, 3.8) is 0 Å². The standard InChI is InChI=1S/C20H27NO4S/c1-14-8-7-9-15(2)19(14)21(12-18(23)25-3)17(22)13-26-20(24)16-10-5-4-6-11-16/h7-9,16H,4-6,10-13H2,1-3H3. The lowest BCUT2D eigenvalue weighted by Crippen LogP contribution is -2.38. The first-order valence-electron chi connectivity index (χ1n) is 9.04. The molecule has 0 unspecified atom stereocenters. The van der Waals surface area contributed by atoms with Crippen LogP contribution in [0.1, 0.15) is 43.2 Å². The van der Waals surface area contributed by atoms with Gasteiger partial charge in [-0.2, -0.15) is 0 Å². The van der Waals surface area contributed by atoms with Crippen LogP contribution in [0, 0.1) is 19.8 Å². The molecular weight excluding hydrogens is 350 g/mol. The van der Waals surface area contributed by atoms with Crippen molar-refractivity contribution in [2.45, 2.75) is 46.0 Å². The molecule has 0 aliphatic heterocycles. The van der Waals surface area contributed by atoms with Crippen molar-refractivity contribution < 1.29 is 19.1 Å². The van der Waals surface area contributed by atoms with E-state index in [9.17, 15) is 14.4 Å². The Morgan fingerprint density at radius 1 is 1.12 bits per heavy atom. The van der Waals surface area contributed by atoms with Gasteiger partial charge in [0, 0.05) is 5.92 Å². The number of benzene rings is 1. The molecule has 0 bridgehead atoms. The molecule has 0 radical (unpaired) electrons. The Morgan fingerprint density at radius 3 is 2.31 bits per heavy atom. The van der Waals surface area contributed by atoms with Crippen molar-refractivity contribution in [1.29, 1.82) is 0 Å². The van der Waals surface area contributed by atoms with Gasteiger partial charge in [-0.1, -0.05) is 49.2 Å². The first-order valence-corrected chi connectivity index (χ1v) is 10.0. The maximum absolute atomic E-state index is 12.8. The Bertz CT molecular complexity index is 648. The number of ether oxygens (including phenoxy) is 1. The molecule has 2 rings (SSSR count). The molecule has 26 heavy (non-hydrogen) atoms. The number of hydrogen-bond acceptors (Lipinski definition) is 5. The summed E-state index contributed by atoms with van der Waals surface area (Å²) in [5.41, 5.74) is 2.53. The van der Waals surface area contributed by atoms with Crippen LogP contribution in [0.25, 0.3) is 0 Å². The number of para-hydroxylation sites is 1. The molecule has 6 heteroatoms. The third kappa shape index (κ3) is 5.34. The lowest BCUT2D eigenvalue weighted by molar-refractivity contribution is -0.139. The number of esters is 1. The summed E-state index contributed by atoms with van der Waals surface area (Å²) < 4.78 is 4.75. The van der Waals surface area contributed by atoms with E-state index in [0.29, 0.717) is 5.69 Å². The van der Waals surface area contributed by atoms with E-state index in [-0.39, 0.29) is 29.2 Å². The molecule has 1 aromatic carbocycles. The Morgan fingerprint density at radius 2 is 1.73 bits per heavy atom. The normalized spacial score (nSPS) is 14.7. The SMILES string of the molecule is COC(=O)CN(C(=O)CSC(=O)C1CCCCC1)c1c(C)cccc1C. The zero-order valence-electron chi connectivity index (χ0n) is 15.7. The van der Waals surface area contributed by atoms with E-state index in [1.165, 1.54) is 18.4 Å². The number of aryl methyl sites for hydroxylation is 2. The summed E-state index contributed by atoms with van der Waals surface area (Å²) in [6, 6.07) is 5.72. The number of anilines is 1. The lowest BCUT2D eigenvalue weighted by Gasteiger charge is -2.25. The van der Waals surface area contributed by atoms with Crippen molar-refractivity contribution in [1.82, 2.24) is 0 Å². The minimum atomic E-state index is -0.482. The molecule has 1 aliphatic rings. The third-order valence-corrected chi connectivity index (χ3v) is 5.81. The van der Waals surface area contributed by atoms with Gasteiger partial charge in [0.05, 0.1) is 18.6 Å². The molecule has 0 heterocycles. The highest BCUT2D eigenvalue weighted by Gasteiger charge is 2.26. The molecule has 5 nitrogen and oxygen atoms in total. The maximum atomic E-state index is 12.8. The first kappa shape index (κ1) is 20.5. The number of nitrogens with zero attached hydrogens (tertiary/aromatic N) is 1. The minimum absolute atomic E-state index is 0.0418. The smallest absolute Gasteiger partial charge is 0.325 e. The van der Waals surface area contributed by atoms with Crippen LogP contribution < -0.4 is 4.90 Å². The van der Waals surface area contributed by atoms with Gasteiger partial charge in [-0.15, -0.1) is 0 Å². The molecule has 0 aromatic heterocycles. The van der Waals surface area contributed by atoms with E-state index in [1.807, 2.05) is 32.0 Å². The van der Waals surface area contributed by atoms with Crippen molar-refractivity contribution in [3.05, 3.63) is 29.3 Å². The second kappa shape index (κ2) is 9.76. The zero-order chi connectivity index (χ0) is 19.1. The summed E-state index contributed by atoms with van der Waals surface area (Å²) in [7, 11) is 1.30. The van der Waals surface area contributed by atoms with E-state index >= 15 is 0 Å². The zero-order valence-corrected chi connectivity index (χ0v) is 16.6. The van der Waals surface area contributed by atoms with Crippen LogP contribution in [0.3, 0.4) is 0 Å². The lowest BCUT2D eigenvalue weighted by atomic mass is 9.90. The van der Waals surface area contributed by atoms with Gasteiger partial charge in [-0.3, -0.25) is 19.3 Å². The van der Waals surface area contributed by atoms with Crippen LogP contribution in [0.2, 0.25) is 0 Å². The van der Waals surface area contributed by atoms with Crippen molar-refractivity contribution >= 4 is 34.4 Å². The summed E-state index contributed by atoms with van der Waals surface area (Å²) in [6.07, 6.45) is 5.20. The number of hydrogen-bond donors (Lipinski definition) is 0. The molecule has 0 N–H and O–H groups in total. The van der Waals surface area contributed by atoms with Crippen LogP contribution >= 0.6 is 11.8 Å². The summed E-state index contributed by atoms with van der Waals surface area (Å²) in [4.78, 5) is 38.5. The van der Waals surface area contributed by atoms with Gasteiger partial charge in [0.25, 0.3) is 0 Å². The molecule has 142 valence electrons. The average molecular weight is 378 g/mol. The number of amides is 1. The predicted octanol–water partition coefficient (Wildman–Crippen LogP) is 3.65. The Kier molecular flexibility index (Phi) is 7.69. The van der Waals surface area contributed by atoms with Gasteiger partial charge in [0.2, 0.25) is 5.91 Å². The van der Waals surface area contributed by atoms with Gasteiger partial charge in [0.1, 0.15) is 6.54 Å². The van der Waals surface area contributed by atoms with Crippen molar-refractivity contribution in [3.8, 4) is 0 Å². The predicted molar refractivity (Wildman–Crippen MR) is 104 cm³/mol. The highest BCUT2D eigenvalue weighted by Crippen LogP contribution is 2.29. The minimum Gasteiger partial charge on any atom is -0.468 e. The number of methoxy groups -OCH3 is 1.